The zero-order chi connectivity index (χ0) is 38.4. The van der Waals surface area contributed by atoms with E-state index in [2.05, 4.69) is 20.6 Å². The predicted octanol–water partition coefficient (Wildman–Crippen LogP) is 0.254. The number of fused-ring (bicyclic) bond motifs is 2. The highest BCUT2D eigenvalue weighted by Crippen LogP contribution is 2.40. The number of anilines is 4. The molecule has 52 heavy (non-hydrogen) atoms. The number of nitrogens with one attached hydrogen (secondary N) is 2. The number of nitrogens with two attached hydrogens (primary N) is 4. The Bertz CT molecular complexity index is 2200. The lowest BCUT2D eigenvalue weighted by atomic mass is 10.1. The summed E-state index contributed by atoms with van der Waals surface area (Å²) in [5.74, 6) is -2.97. The van der Waals surface area contributed by atoms with Crippen LogP contribution in [0.3, 0.4) is 0 Å². The van der Waals surface area contributed by atoms with Crippen molar-refractivity contribution in [3.05, 3.63) is 48.8 Å². The molecule has 6 rings (SSSR count). The van der Waals surface area contributed by atoms with Crippen molar-refractivity contribution in [2.75, 3.05) is 50.3 Å². The summed E-state index contributed by atoms with van der Waals surface area (Å²) < 4.78 is 51.5. The summed E-state index contributed by atoms with van der Waals surface area (Å²) in [5, 5.41) is 7.44. The molecule has 10 N–H and O–H groups in total. The fraction of sp³-hybridized carbons (Fsp3) is 0.312. The highest BCUT2D eigenvalue weighted by atomic mass is 32.2. The predicted molar refractivity (Wildman–Crippen MR) is 193 cm³/mol. The Labute approximate surface area is 299 Å². The normalized spacial score (nSPS) is 19.5. The molecular formula is C32H38N10O8S2. The summed E-state index contributed by atoms with van der Waals surface area (Å²) >= 11 is 0. The Morgan fingerprint density at radius 2 is 0.962 bits per heavy atom. The van der Waals surface area contributed by atoms with E-state index in [1.807, 2.05) is 0 Å². The van der Waals surface area contributed by atoms with Crippen molar-refractivity contribution in [1.82, 2.24) is 18.6 Å². The van der Waals surface area contributed by atoms with Gasteiger partial charge in [0.2, 0.25) is 43.7 Å². The first-order valence-corrected chi connectivity index (χ1v) is 18.5. The highest BCUT2D eigenvalue weighted by molar-refractivity contribution is 7.89. The minimum atomic E-state index is -3.65. The Morgan fingerprint density at radius 3 is 1.25 bits per heavy atom. The van der Waals surface area contributed by atoms with E-state index in [0.29, 0.717) is 34.4 Å². The summed E-state index contributed by atoms with van der Waals surface area (Å²) in [4.78, 5) is 54.8. The smallest absolute Gasteiger partial charge is 0.242 e. The Kier molecular flexibility index (Phi) is 10.1. The number of sulfonamides is 2. The highest BCUT2D eigenvalue weighted by Gasteiger charge is 2.47. The van der Waals surface area contributed by atoms with Gasteiger partial charge in [-0.25, -0.2) is 35.4 Å². The largest absolute Gasteiger partial charge is 0.398 e. The lowest BCUT2D eigenvalue weighted by Crippen LogP contribution is -2.22. The summed E-state index contributed by atoms with van der Waals surface area (Å²) in [6.45, 7) is 0. The number of hydrogen-bond acceptors (Lipinski definition) is 12. The van der Waals surface area contributed by atoms with Gasteiger partial charge in [-0.05, 0) is 60.0 Å². The SMILES string of the molecule is CN(C)S(=O)(=O)c1cc(N)c2cnc(NC(=O)[C@@H]3C[C@H]3C(N)=O)cc2c1.CN(C)S(=O)(=O)c1cc(N)c2cnc(NC(=O)[C@H]3C[C@@H]3C(N)=O)cc2c1. The number of nitrogen functional groups attached to an aromatic ring is 2. The first-order chi connectivity index (χ1) is 24.2. The summed E-state index contributed by atoms with van der Waals surface area (Å²) in [6, 6.07) is 8.78. The summed E-state index contributed by atoms with van der Waals surface area (Å²) in [5.41, 5.74) is 22.8. The van der Waals surface area contributed by atoms with Crippen LogP contribution in [0.1, 0.15) is 12.8 Å². The molecule has 2 aromatic carbocycles. The fourth-order valence-electron chi connectivity index (χ4n) is 5.41. The van der Waals surface area contributed by atoms with Crippen molar-refractivity contribution in [2.24, 2.45) is 35.1 Å². The molecule has 2 aromatic heterocycles. The first-order valence-electron chi connectivity index (χ1n) is 15.7. The molecule has 0 spiro atoms. The van der Waals surface area contributed by atoms with Crippen molar-refractivity contribution in [3.8, 4) is 0 Å². The van der Waals surface area contributed by atoms with Gasteiger partial charge in [-0.3, -0.25) is 19.2 Å². The van der Waals surface area contributed by atoms with Crippen LogP contribution in [0.25, 0.3) is 21.5 Å². The van der Waals surface area contributed by atoms with Gasteiger partial charge in [0.05, 0.1) is 33.5 Å². The number of primary amides is 2. The van der Waals surface area contributed by atoms with Gasteiger partial charge in [0.15, 0.2) is 0 Å². The van der Waals surface area contributed by atoms with E-state index in [1.165, 1.54) is 64.8 Å². The Balaban J connectivity index is 0.000000201. The molecule has 2 saturated carbocycles. The number of nitrogens with zero attached hydrogens (tertiary/aromatic N) is 4. The van der Waals surface area contributed by atoms with Crippen molar-refractivity contribution in [1.29, 1.82) is 0 Å². The van der Waals surface area contributed by atoms with Gasteiger partial charge in [-0.15, -0.1) is 0 Å². The first kappa shape index (κ1) is 37.8. The third-order valence-corrected chi connectivity index (χ3v) is 12.3. The third kappa shape index (κ3) is 7.73. The van der Waals surface area contributed by atoms with E-state index in [0.717, 1.165) is 8.61 Å². The molecule has 0 aliphatic heterocycles. The van der Waals surface area contributed by atoms with Crippen molar-refractivity contribution < 1.29 is 36.0 Å². The zero-order valence-electron chi connectivity index (χ0n) is 28.5. The second kappa shape index (κ2) is 13.9. The lowest BCUT2D eigenvalue weighted by Gasteiger charge is -2.13. The van der Waals surface area contributed by atoms with E-state index < -0.39 is 55.5 Å². The molecule has 276 valence electrons. The fourth-order valence-corrected chi connectivity index (χ4v) is 7.35. The Hall–Kier alpha value is -5.44. The number of pyridine rings is 2. The molecule has 18 nitrogen and oxygen atoms in total. The minimum absolute atomic E-state index is 0.0481. The number of hydrogen-bond donors (Lipinski definition) is 6. The Morgan fingerprint density at radius 1 is 0.615 bits per heavy atom. The quantitative estimate of drug-likeness (QED) is 0.119. The third-order valence-electron chi connectivity index (χ3n) is 8.73. The van der Waals surface area contributed by atoms with Gasteiger partial charge in [0, 0.05) is 62.7 Å². The second-order valence-electron chi connectivity index (χ2n) is 12.9. The molecule has 0 bridgehead atoms. The molecule has 4 atom stereocenters. The van der Waals surface area contributed by atoms with Gasteiger partial charge in [0.1, 0.15) is 11.6 Å². The maximum Gasteiger partial charge on any atom is 0.242 e. The molecule has 2 aliphatic rings. The van der Waals surface area contributed by atoms with E-state index >= 15 is 0 Å². The molecular weight excluding hydrogens is 717 g/mol. The van der Waals surface area contributed by atoms with Gasteiger partial charge < -0.3 is 33.6 Å². The average Bonchev–Trinajstić information content (AvgIpc) is 3.98. The maximum absolute atomic E-state index is 12.3. The van der Waals surface area contributed by atoms with Crippen molar-refractivity contribution in [3.63, 3.8) is 0 Å². The van der Waals surface area contributed by atoms with E-state index in [4.69, 9.17) is 22.9 Å². The van der Waals surface area contributed by atoms with Crippen LogP contribution in [0, 0.1) is 23.7 Å². The van der Waals surface area contributed by atoms with E-state index in [9.17, 15) is 36.0 Å². The molecule has 2 heterocycles. The van der Waals surface area contributed by atoms with Crippen LogP contribution in [0.15, 0.2) is 58.6 Å². The number of aromatic nitrogens is 2. The monoisotopic (exact) mass is 754 g/mol. The second-order valence-corrected chi connectivity index (χ2v) is 17.2. The minimum Gasteiger partial charge on any atom is -0.398 e. The number of rotatable bonds is 10. The van der Waals surface area contributed by atoms with E-state index in [-0.39, 0.29) is 44.6 Å². The molecule has 0 saturated heterocycles. The lowest BCUT2D eigenvalue weighted by molar-refractivity contribution is -0.123. The van der Waals surface area contributed by atoms with Crippen LogP contribution < -0.4 is 33.6 Å². The molecule has 4 amide bonds. The van der Waals surface area contributed by atoms with Crippen LogP contribution in [-0.2, 0) is 39.2 Å². The van der Waals surface area contributed by atoms with Gasteiger partial charge in [0.25, 0.3) is 0 Å². The van der Waals surface area contributed by atoms with Crippen LogP contribution in [0.4, 0.5) is 23.0 Å². The maximum atomic E-state index is 12.3. The van der Waals surface area contributed by atoms with Crippen LogP contribution in [0.5, 0.6) is 0 Å². The topological polar surface area (TPSA) is 297 Å². The summed E-state index contributed by atoms with van der Waals surface area (Å²) in [6.07, 6.45) is 3.77. The van der Waals surface area contributed by atoms with Gasteiger partial charge >= 0.3 is 0 Å². The van der Waals surface area contributed by atoms with Crippen LogP contribution in [0.2, 0.25) is 0 Å². The molecule has 2 aliphatic carbocycles. The molecule has 4 aromatic rings. The molecule has 20 heteroatoms. The number of carbonyl (C=O) groups excluding carboxylic acids is 4. The van der Waals surface area contributed by atoms with Crippen LogP contribution >= 0.6 is 0 Å². The molecule has 0 radical (unpaired) electrons. The molecule has 2 fully saturated rings. The van der Waals surface area contributed by atoms with Crippen molar-refractivity contribution >= 4 is 88.2 Å². The van der Waals surface area contributed by atoms with Crippen molar-refractivity contribution in [2.45, 2.75) is 22.6 Å². The number of amides is 4. The molecule has 0 unspecified atom stereocenters. The zero-order valence-corrected chi connectivity index (χ0v) is 30.2. The van der Waals surface area contributed by atoms with E-state index in [1.54, 1.807) is 12.1 Å². The van der Waals surface area contributed by atoms with Gasteiger partial charge in [-0.1, -0.05) is 0 Å². The summed E-state index contributed by atoms with van der Waals surface area (Å²) in [7, 11) is -1.59. The average molecular weight is 755 g/mol. The number of benzene rings is 2. The standard InChI is InChI=1S/2C16H19N5O4S/c2*1-21(2)26(24,25)9-3-8-4-14(19-7-12(8)13(17)5-9)20-16(23)11-6-10(11)15(18)22/h2*3-5,7,10-11H,6,17H2,1-2H3,(H2,18,22)(H,19,20,23)/t2*10-,11-/m10/s1. The van der Waals surface area contributed by atoms with Gasteiger partial charge in [-0.2, -0.15) is 0 Å². The van der Waals surface area contributed by atoms with Crippen LogP contribution in [-0.4, -0.2) is 87.2 Å². The number of carbonyl (C=O) groups is 4.